The molecule has 1 aliphatic carbocycles. The van der Waals surface area contributed by atoms with Gasteiger partial charge in [-0.2, -0.15) is 0 Å². The smallest absolute Gasteiger partial charge is 0.203 e. The number of Topliss-reactive ketones (excluding diaryl/α,β-unsaturated/α-hetero) is 3. The highest BCUT2D eigenvalue weighted by Gasteiger charge is 2.72. The number of rotatable bonds is 5. The number of nitrogens with zero attached hydrogens (tertiary/aromatic N) is 1. The average molecular weight is 570 g/mol. The van der Waals surface area contributed by atoms with Gasteiger partial charge >= 0.3 is 0 Å². The van der Waals surface area contributed by atoms with Crippen LogP contribution in [0.3, 0.4) is 0 Å². The second-order valence-corrected chi connectivity index (χ2v) is 11.9. The number of hydrogen-bond donors (Lipinski definition) is 0. The minimum atomic E-state index is -1.72. The summed E-state index contributed by atoms with van der Waals surface area (Å²) < 4.78 is 31.5. The van der Waals surface area contributed by atoms with E-state index in [1.54, 1.807) is 54.6 Å². The molecule has 42 heavy (non-hydrogen) atoms. The van der Waals surface area contributed by atoms with Gasteiger partial charge in [0.2, 0.25) is 5.75 Å². The highest BCUT2D eigenvalue weighted by molar-refractivity contribution is 6.32. The van der Waals surface area contributed by atoms with E-state index in [1.807, 2.05) is 25.7 Å². The number of hydrogen-bond acceptors (Lipinski definition) is 7. The van der Waals surface area contributed by atoms with Crippen LogP contribution in [0.25, 0.3) is 6.08 Å². The maximum Gasteiger partial charge on any atom is 0.203 e. The van der Waals surface area contributed by atoms with Crippen molar-refractivity contribution in [3.05, 3.63) is 88.7 Å². The van der Waals surface area contributed by atoms with Gasteiger partial charge in [0.25, 0.3) is 0 Å². The quantitative estimate of drug-likeness (QED) is 0.354. The van der Waals surface area contributed by atoms with Crippen LogP contribution in [0, 0.1) is 16.6 Å². The van der Waals surface area contributed by atoms with Crippen LogP contribution in [0.15, 0.2) is 60.7 Å². The van der Waals surface area contributed by atoms with Gasteiger partial charge in [-0.3, -0.25) is 14.4 Å². The van der Waals surface area contributed by atoms with Gasteiger partial charge < -0.3 is 19.1 Å². The number of methoxy groups -OCH3 is 3. The predicted octanol–water partition coefficient (Wildman–Crippen LogP) is 5.90. The van der Waals surface area contributed by atoms with Crippen LogP contribution >= 0.6 is 0 Å². The lowest BCUT2D eigenvalue weighted by Gasteiger charge is -2.38. The maximum atomic E-state index is 14.8. The number of carbonyl (C=O) groups excluding carboxylic acids is 3. The molecular weight excluding hydrogens is 537 g/mol. The molecule has 216 valence electrons. The van der Waals surface area contributed by atoms with Crippen LogP contribution in [-0.2, 0) is 4.79 Å². The first-order valence-electron chi connectivity index (χ1n) is 13.8. The fourth-order valence-corrected chi connectivity index (χ4v) is 7.10. The van der Waals surface area contributed by atoms with E-state index in [2.05, 4.69) is 0 Å². The Morgan fingerprint density at radius 1 is 0.881 bits per heavy atom. The van der Waals surface area contributed by atoms with E-state index >= 15 is 0 Å². The summed E-state index contributed by atoms with van der Waals surface area (Å²) in [6, 6.07) is 12.7. The summed E-state index contributed by atoms with van der Waals surface area (Å²) in [4.78, 5) is 46.0. The first-order chi connectivity index (χ1) is 20.0. The van der Waals surface area contributed by atoms with E-state index in [1.165, 1.54) is 33.5 Å². The lowest BCUT2D eigenvalue weighted by molar-refractivity contribution is -0.127. The van der Waals surface area contributed by atoms with E-state index < -0.39 is 34.6 Å². The molecule has 3 aromatic rings. The Morgan fingerprint density at radius 2 is 1.52 bits per heavy atom. The Morgan fingerprint density at radius 3 is 2.10 bits per heavy atom. The van der Waals surface area contributed by atoms with Crippen molar-refractivity contribution >= 4 is 29.1 Å². The third kappa shape index (κ3) is 3.53. The van der Waals surface area contributed by atoms with E-state index in [-0.39, 0.29) is 28.8 Å². The van der Waals surface area contributed by atoms with Gasteiger partial charge in [0.05, 0.1) is 33.4 Å². The minimum absolute atomic E-state index is 0.173. The molecule has 1 saturated heterocycles. The molecule has 0 radical (unpaired) electrons. The number of ether oxygens (including phenoxy) is 3. The Balaban J connectivity index is 1.75. The number of halogens is 1. The zero-order chi connectivity index (χ0) is 30.1. The molecule has 8 heteroatoms. The molecule has 1 spiro atoms. The summed E-state index contributed by atoms with van der Waals surface area (Å²) in [5.41, 5.74) is -0.346. The third-order valence-electron chi connectivity index (χ3n) is 8.84. The fraction of sp³-hybridized carbons (Fsp3) is 0.324. The minimum Gasteiger partial charge on any atom is -0.493 e. The molecule has 0 N–H and O–H groups in total. The molecule has 3 unspecified atom stereocenters. The zero-order valence-corrected chi connectivity index (χ0v) is 24.4. The van der Waals surface area contributed by atoms with Gasteiger partial charge in [-0.15, -0.1) is 0 Å². The highest BCUT2D eigenvalue weighted by Crippen LogP contribution is 2.63. The van der Waals surface area contributed by atoms with Crippen LogP contribution in [0.4, 0.5) is 10.1 Å². The number of carbonyl (C=O) groups is 3. The summed E-state index contributed by atoms with van der Waals surface area (Å²) in [6.45, 7) is 5.45. The van der Waals surface area contributed by atoms with Gasteiger partial charge in [-0.05, 0) is 24.3 Å². The molecule has 7 nitrogen and oxygen atoms in total. The average Bonchev–Trinajstić information content (AvgIpc) is 3.40. The summed E-state index contributed by atoms with van der Waals surface area (Å²) in [6.07, 6.45) is 3.50. The molecule has 3 aromatic carbocycles. The Labute approximate surface area is 243 Å². The Hall–Kier alpha value is -4.46. The predicted molar refractivity (Wildman–Crippen MR) is 156 cm³/mol. The normalized spacial score (nSPS) is 21.7. The molecule has 0 aromatic heterocycles. The van der Waals surface area contributed by atoms with Gasteiger partial charge in [0, 0.05) is 39.3 Å². The molecule has 0 amide bonds. The molecule has 3 atom stereocenters. The molecule has 2 heterocycles. The van der Waals surface area contributed by atoms with Crippen LogP contribution in [0.2, 0.25) is 0 Å². The van der Waals surface area contributed by atoms with Gasteiger partial charge in [-0.1, -0.05) is 63.3 Å². The third-order valence-corrected chi connectivity index (χ3v) is 8.84. The number of anilines is 1. The van der Waals surface area contributed by atoms with Crippen molar-refractivity contribution in [3.8, 4) is 17.2 Å². The first-order valence-corrected chi connectivity index (χ1v) is 13.8. The van der Waals surface area contributed by atoms with Crippen LogP contribution in [0.5, 0.6) is 17.2 Å². The molecule has 2 aliphatic heterocycles. The maximum absolute atomic E-state index is 14.8. The fourth-order valence-electron chi connectivity index (χ4n) is 7.10. The largest absolute Gasteiger partial charge is 0.493 e. The van der Waals surface area contributed by atoms with E-state index in [0.717, 1.165) is 0 Å². The standard InChI is InChI=1S/C34H32FNO6/c1-33(2,3)32(39)27-26(22-13-15-24(40-4)29(42-6)28(22)41-5)34(30(37)20-9-7-8-10-21(20)31(34)38)25-16-11-18-17-19(35)12-14-23(18)36(25)27/h7-17,25-27H,1-6H3. The summed E-state index contributed by atoms with van der Waals surface area (Å²) in [5.74, 6) is -1.36. The van der Waals surface area contributed by atoms with Crippen molar-refractivity contribution in [1.82, 2.24) is 0 Å². The van der Waals surface area contributed by atoms with E-state index in [4.69, 9.17) is 14.2 Å². The van der Waals surface area contributed by atoms with Crippen molar-refractivity contribution in [3.63, 3.8) is 0 Å². The molecule has 0 bridgehead atoms. The monoisotopic (exact) mass is 569 g/mol. The molecular formula is C34H32FNO6. The van der Waals surface area contributed by atoms with Crippen molar-refractivity contribution in [1.29, 1.82) is 0 Å². The lowest BCUT2D eigenvalue weighted by atomic mass is 9.63. The van der Waals surface area contributed by atoms with E-state index in [0.29, 0.717) is 33.7 Å². The van der Waals surface area contributed by atoms with Crippen molar-refractivity contribution in [2.24, 2.45) is 10.8 Å². The number of benzene rings is 3. The van der Waals surface area contributed by atoms with Gasteiger partial charge in [0.1, 0.15) is 11.2 Å². The van der Waals surface area contributed by atoms with E-state index in [9.17, 15) is 18.8 Å². The number of fused-ring (bicyclic) bond motifs is 5. The van der Waals surface area contributed by atoms with Crippen molar-refractivity contribution in [2.45, 2.75) is 38.8 Å². The summed E-state index contributed by atoms with van der Waals surface area (Å²) in [5, 5.41) is 0. The Bertz CT molecular complexity index is 1650. The van der Waals surface area contributed by atoms with Crippen LogP contribution in [-0.4, -0.2) is 50.8 Å². The first kappa shape index (κ1) is 27.7. The lowest BCUT2D eigenvalue weighted by Crippen LogP contribution is -2.49. The summed E-state index contributed by atoms with van der Waals surface area (Å²) in [7, 11) is 4.45. The topological polar surface area (TPSA) is 82.1 Å². The van der Waals surface area contributed by atoms with Crippen LogP contribution < -0.4 is 19.1 Å². The SMILES string of the molecule is COc1ccc(C2C(C(=O)C(C)(C)C)N3c4ccc(F)cc4C=CC3C23C(=O)c2ccccc2C3=O)c(OC)c1OC. The van der Waals surface area contributed by atoms with Crippen LogP contribution in [0.1, 0.15) is 58.5 Å². The summed E-state index contributed by atoms with van der Waals surface area (Å²) >= 11 is 0. The second kappa shape index (κ2) is 9.54. The van der Waals surface area contributed by atoms with Gasteiger partial charge in [0.15, 0.2) is 28.8 Å². The van der Waals surface area contributed by atoms with Crippen molar-refractivity contribution < 1.29 is 33.0 Å². The molecule has 0 saturated carbocycles. The Kier molecular flexibility index (Phi) is 6.29. The zero-order valence-electron chi connectivity index (χ0n) is 24.4. The second-order valence-electron chi connectivity index (χ2n) is 11.9. The van der Waals surface area contributed by atoms with Gasteiger partial charge in [-0.25, -0.2) is 4.39 Å². The molecule has 6 rings (SSSR count). The highest BCUT2D eigenvalue weighted by atomic mass is 19.1. The molecule has 3 aliphatic rings. The number of ketones is 3. The molecule has 1 fully saturated rings. The van der Waals surface area contributed by atoms with Crippen molar-refractivity contribution in [2.75, 3.05) is 26.2 Å².